The Hall–Kier alpha value is -1.86. The van der Waals surface area contributed by atoms with Crippen LogP contribution in [0.1, 0.15) is 42.0 Å². The molecule has 0 aromatic carbocycles. The highest BCUT2D eigenvalue weighted by Gasteiger charge is 2.25. The van der Waals surface area contributed by atoms with Crippen LogP contribution in [0, 0.1) is 0 Å². The Balaban J connectivity index is 1.54. The molecule has 2 heterocycles. The molecule has 0 saturated heterocycles. The summed E-state index contributed by atoms with van der Waals surface area (Å²) in [5.41, 5.74) is 0. The number of amides is 1. The van der Waals surface area contributed by atoms with E-state index >= 15 is 0 Å². The van der Waals surface area contributed by atoms with Gasteiger partial charge in [0.15, 0.2) is 10.9 Å². The summed E-state index contributed by atoms with van der Waals surface area (Å²) in [7, 11) is 0. The maximum atomic E-state index is 12.2. The number of aliphatic hydroxyl groups is 1. The molecule has 0 spiro atoms. The minimum absolute atomic E-state index is 0.183. The van der Waals surface area contributed by atoms with E-state index in [0.717, 1.165) is 25.7 Å². The number of aliphatic hydroxyl groups excluding tert-OH is 1. The molecule has 122 valence electrons. The minimum atomic E-state index is -0.465. The topological polar surface area (TPSA) is 88.2 Å². The normalized spacial score (nSPS) is 21.1. The van der Waals surface area contributed by atoms with Crippen molar-refractivity contribution in [3.8, 4) is 0 Å². The lowest BCUT2D eigenvalue weighted by Crippen LogP contribution is -2.44. The quantitative estimate of drug-likeness (QED) is 0.645. The van der Waals surface area contributed by atoms with Crippen molar-refractivity contribution in [2.75, 3.05) is 0 Å². The average molecular weight is 333 g/mol. The van der Waals surface area contributed by atoms with Crippen LogP contribution in [0.2, 0.25) is 0 Å². The van der Waals surface area contributed by atoms with E-state index < -0.39 is 6.10 Å². The van der Waals surface area contributed by atoms with Crippen LogP contribution in [0.5, 0.6) is 0 Å². The van der Waals surface area contributed by atoms with Crippen molar-refractivity contribution in [2.45, 2.75) is 48.7 Å². The van der Waals surface area contributed by atoms with Crippen LogP contribution in [-0.4, -0.2) is 33.1 Å². The van der Waals surface area contributed by atoms with Gasteiger partial charge in [0.1, 0.15) is 5.76 Å². The summed E-state index contributed by atoms with van der Waals surface area (Å²) >= 11 is 1.45. The number of rotatable bonds is 5. The van der Waals surface area contributed by atoms with Crippen molar-refractivity contribution >= 4 is 17.7 Å². The second kappa shape index (κ2) is 7.61. The lowest BCUT2D eigenvalue weighted by atomic mass is 9.92. The number of nitrogens with zero attached hydrogens (tertiary/aromatic N) is 2. The predicted octanol–water partition coefficient (Wildman–Crippen LogP) is 2.40. The highest BCUT2D eigenvalue weighted by molar-refractivity contribution is 7.98. The first-order chi connectivity index (χ1) is 11.2. The zero-order chi connectivity index (χ0) is 16.1. The molecule has 1 aliphatic rings. The number of furan rings is 1. The van der Waals surface area contributed by atoms with Gasteiger partial charge in [-0.15, -0.1) is 0 Å². The molecule has 1 saturated carbocycles. The van der Waals surface area contributed by atoms with E-state index in [1.807, 2.05) is 0 Å². The maximum Gasteiger partial charge on any atom is 0.287 e. The fourth-order valence-corrected chi connectivity index (χ4v) is 3.29. The Morgan fingerprint density at radius 1 is 1.30 bits per heavy atom. The van der Waals surface area contributed by atoms with E-state index in [9.17, 15) is 9.90 Å². The lowest BCUT2D eigenvalue weighted by molar-refractivity contribution is 0.0697. The van der Waals surface area contributed by atoms with Crippen LogP contribution >= 0.6 is 11.8 Å². The first-order valence-electron chi connectivity index (χ1n) is 7.70. The Labute approximate surface area is 138 Å². The van der Waals surface area contributed by atoms with E-state index in [2.05, 4.69) is 15.3 Å². The molecule has 1 fully saturated rings. The Kier molecular flexibility index (Phi) is 5.30. The van der Waals surface area contributed by atoms with E-state index in [-0.39, 0.29) is 17.7 Å². The molecule has 6 nitrogen and oxygen atoms in total. The summed E-state index contributed by atoms with van der Waals surface area (Å²) in [4.78, 5) is 20.4. The van der Waals surface area contributed by atoms with Crippen LogP contribution in [-0.2, 0) is 5.75 Å². The second-order valence-corrected chi connectivity index (χ2v) is 6.46. The molecule has 0 unspecified atom stereocenters. The molecule has 3 rings (SSSR count). The van der Waals surface area contributed by atoms with Gasteiger partial charge in [0, 0.05) is 12.4 Å². The first kappa shape index (κ1) is 16.0. The largest absolute Gasteiger partial charge is 0.455 e. The Morgan fingerprint density at radius 3 is 2.87 bits per heavy atom. The number of hydrogen-bond donors (Lipinski definition) is 2. The molecule has 0 radical (unpaired) electrons. The van der Waals surface area contributed by atoms with Crippen molar-refractivity contribution in [3.05, 3.63) is 42.1 Å². The van der Waals surface area contributed by atoms with Crippen molar-refractivity contribution in [1.29, 1.82) is 0 Å². The van der Waals surface area contributed by atoms with E-state index in [0.29, 0.717) is 16.7 Å². The molecule has 2 N–H and O–H groups in total. The SMILES string of the molecule is O=C(N[C@@H]1CCCC[C@H]1O)c1ccc(CSc2ncccn2)o1. The molecule has 0 aliphatic heterocycles. The average Bonchev–Trinajstić information content (AvgIpc) is 3.05. The molecule has 0 bridgehead atoms. The predicted molar refractivity (Wildman–Crippen MR) is 86.0 cm³/mol. The summed E-state index contributed by atoms with van der Waals surface area (Å²) in [6.07, 6.45) is 6.49. The van der Waals surface area contributed by atoms with Crippen LogP contribution in [0.25, 0.3) is 0 Å². The first-order valence-corrected chi connectivity index (χ1v) is 8.68. The standard InChI is InChI=1S/C16H19N3O3S/c20-13-5-2-1-4-12(13)19-15(21)14-7-6-11(22-14)10-23-16-17-8-3-9-18-16/h3,6-9,12-13,20H,1-2,4-5,10H2,(H,19,21)/t12-,13-/m1/s1. The van der Waals surface area contributed by atoms with Gasteiger partial charge in [-0.1, -0.05) is 24.6 Å². The third-order valence-electron chi connectivity index (χ3n) is 3.82. The van der Waals surface area contributed by atoms with Gasteiger partial charge in [0.2, 0.25) is 0 Å². The molecular formula is C16H19N3O3S. The number of nitrogens with one attached hydrogen (secondary N) is 1. The van der Waals surface area contributed by atoms with Crippen molar-refractivity contribution in [2.24, 2.45) is 0 Å². The Bertz CT molecular complexity index is 647. The molecule has 23 heavy (non-hydrogen) atoms. The van der Waals surface area contributed by atoms with Gasteiger partial charge in [-0.05, 0) is 31.0 Å². The van der Waals surface area contributed by atoms with Crippen LogP contribution in [0.15, 0.2) is 40.2 Å². The highest BCUT2D eigenvalue weighted by Crippen LogP contribution is 2.21. The van der Waals surface area contributed by atoms with Crippen LogP contribution in [0.4, 0.5) is 0 Å². The zero-order valence-corrected chi connectivity index (χ0v) is 13.5. The third kappa shape index (κ3) is 4.33. The van der Waals surface area contributed by atoms with E-state index in [1.54, 1.807) is 30.6 Å². The molecule has 7 heteroatoms. The summed E-state index contributed by atoms with van der Waals surface area (Å²) in [5.74, 6) is 1.25. The summed E-state index contributed by atoms with van der Waals surface area (Å²) in [6.45, 7) is 0. The lowest BCUT2D eigenvalue weighted by Gasteiger charge is -2.27. The molecule has 1 amide bonds. The van der Waals surface area contributed by atoms with Gasteiger partial charge < -0.3 is 14.8 Å². The van der Waals surface area contributed by atoms with Gasteiger partial charge in [0.05, 0.1) is 17.9 Å². The summed E-state index contributed by atoms with van der Waals surface area (Å²) in [5, 5.41) is 13.4. The van der Waals surface area contributed by atoms with Gasteiger partial charge in [-0.25, -0.2) is 9.97 Å². The molecule has 2 aromatic heterocycles. The fourth-order valence-electron chi connectivity index (χ4n) is 2.59. The van der Waals surface area contributed by atoms with Gasteiger partial charge in [0.25, 0.3) is 5.91 Å². The Morgan fingerprint density at radius 2 is 2.09 bits per heavy atom. The van der Waals surface area contributed by atoms with Gasteiger partial charge >= 0.3 is 0 Å². The van der Waals surface area contributed by atoms with Gasteiger partial charge in [-0.2, -0.15) is 0 Å². The number of hydrogen-bond acceptors (Lipinski definition) is 6. The second-order valence-electron chi connectivity index (χ2n) is 5.52. The smallest absolute Gasteiger partial charge is 0.287 e. The van der Waals surface area contributed by atoms with Crippen molar-refractivity contribution < 1.29 is 14.3 Å². The monoisotopic (exact) mass is 333 g/mol. The minimum Gasteiger partial charge on any atom is -0.455 e. The molecular weight excluding hydrogens is 314 g/mol. The van der Waals surface area contributed by atoms with Gasteiger partial charge in [-0.3, -0.25) is 4.79 Å². The fraction of sp³-hybridized carbons (Fsp3) is 0.438. The zero-order valence-electron chi connectivity index (χ0n) is 12.6. The number of thioether (sulfide) groups is 1. The van der Waals surface area contributed by atoms with Crippen molar-refractivity contribution in [3.63, 3.8) is 0 Å². The molecule has 2 aromatic rings. The van der Waals surface area contributed by atoms with Crippen molar-refractivity contribution in [1.82, 2.24) is 15.3 Å². The van der Waals surface area contributed by atoms with E-state index in [1.165, 1.54) is 11.8 Å². The molecule has 2 atom stereocenters. The molecule has 1 aliphatic carbocycles. The highest BCUT2D eigenvalue weighted by atomic mass is 32.2. The van der Waals surface area contributed by atoms with E-state index in [4.69, 9.17) is 4.42 Å². The number of carbonyl (C=O) groups excluding carboxylic acids is 1. The summed E-state index contributed by atoms with van der Waals surface area (Å²) < 4.78 is 5.57. The van der Waals surface area contributed by atoms with Crippen LogP contribution in [0.3, 0.4) is 0 Å². The number of carbonyl (C=O) groups is 1. The summed E-state index contributed by atoms with van der Waals surface area (Å²) in [6, 6.07) is 5.02. The van der Waals surface area contributed by atoms with Crippen LogP contribution < -0.4 is 5.32 Å². The maximum absolute atomic E-state index is 12.2. The number of aromatic nitrogens is 2. The third-order valence-corrected chi connectivity index (χ3v) is 4.71.